The van der Waals surface area contributed by atoms with E-state index in [-0.39, 0.29) is 25.2 Å². The molecule has 3 rings (SSSR count). The maximum absolute atomic E-state index is 12.9. The molecule has 0 aliphatic heterocycles. The Balaban J connectivity index is 2.14. The number of carbonyl (C=O) groups excluding carboxylic acids is 1. The third-order valence-corrected chi connectivity index (χ3v) is 5.01. The maximum Gasteiger partial charge on any atom is 0.312 e. The summed E-state index contributed by atoms with van der Waals surface area (Å²) in [4.78, 5) is 25.4. The molecular weight excluding hydrogens is 352 g/mol. The number of benzene rings is 1. The molecule has 0 bridgehead atoms. The second-order valence-electron chi connectivity index (χ2n) is 6.86. The number of esters is 1. The van der Waals surface area contributed by atoms with Crippen LogP contribution in [0, 0.1) is 5.92 Å². The van der Waals surface area contributed by atoms with Gasteiger partial charge in [0.1, 0.15) is 12.4 Å². The van der Waals surface area contributed by atoms with Gasteiger partial charge in [-0.3, -0.25) is 14.7 Å². The van der Waals surface area contributed by atoms with Crippen LogP contribution in [0.1, 0.15) is 29.7 Å². The Kier molecular flexibility index (Phi) is 5.38. The van der Waals surface area contributed by atoms with E-state index in [1.165, 1.54) is 14.2 Å². The average Bonchev–Trinajstić information content (AvgIpc) is 2.99. The summed E-state index contributed by atoms with van der Waals surface area (Å²) >= 11 is 0. The molecule has 0 saturated heterocycles. The van der Waals surface area contributed by atoms with E-state index < -0.39 is 23.4 Å². The van der Waals surface area contributed by atoms with Gasteiger partial charge in [-0.05, 0) is 13.0 Å². The first-order chi connectivity index (χ1) is 12.9. The Bertz CT molecular complexity index is 869. The number of carbonyl (C=O) groups is 1. The Morgan fingerprint density at radius 1 is 1.26 bits per heavy atom. The molecule has 0 amide bonds. The van der Waals surface area contributed by atoms with Gasteiger partial charge in [-0.2, -0.15) is 0 Å². The van der Waals surface area contributed by atoms with Crippen LogP contribution >= 0.6 is 0 Å². The minimum atomic E-state index is -1.42. The first-order valence-electron chi connectivity index (χ1n) is 8.71. The summed E-state index contributed by atoms with van der Waals surface area (Å²) in [5.41, 5.74) is -0.124. The molecule has 27 heavy (non-hydrogen) atoms. The molecule has 1 aliphatic carbocycles. The molecular formula is C19H24N2O6. The highest BCUT2D eigenvalue weighted by molar-refractivity contribution is 5.77. The zero-order valence-electron chi connectivity index (χ0n) is 15.6. The number of ether oxygens (including phenoxy) is 3. The van der Waals surface area contributed by atoms with E-state index >= 15 is 0 Å². The predicted molar refractivity (Wildman–Crippen MR) is 96.9 cm³/mol. The average molecular weight is 376 g/mol. The van der Waals surface area contributed by atoms with Crippen molar-refractivity contribution in [2.75, 3.05) is 27.4 Å². The second-order valence-corrected chi connectivity index (χ2v) is 6.86. The van der Waals surface area contributed by atoms with E-state index in [0.29, 0.717) is 22.6 Å². The molecule has 3 atom stereocenters. The molecule has 1 aromatic heterocycles. The molecule has 0 fully saturated rings. The van der Waals surface area contributed by atoms with Crippen LogP contribution in [0.4, 0.5) is 0 Å². The first-order valence-corrected chi connectivity index (χ1v) is 8.71. The van der Waals surface area contributed by atoms with Crippen molar-refractivity contribution in [3.05, 3.63) is 51.4 Å². The van der Waals surface area contributed by atoms with Crippen LogP contribution in [0.25, 0.3) is 0 Å². The van der Waals surface area contributed by atoms with Gasteiger partial charge >= 0.3 is 5.97 Å². The molecule has 1 aliphatic rings. The predicted octanol–water partition coefficient (Wildman–Crippen LogP) is 0.956. The molecule has 0 spiro atoms. The number of hydrogen-bond acceptors (Lipinski definition) is 6. The SMILES string of the molecule is COCCOC(=O)C1C(c2ccccc2OC)c2c([nH][nH]c2=O)CC1(C)O. The van der Waals surface area contributed by atoms with E-state index in [0.717, 1.165) is 0 Å². The number of fused-ring (bicyclic) bond motifs is 1. The van der Waals surface area contributed by atoms with Gasteiger partial charge < -0.3 is 24.4 Å². The third kappa shape index (κ3) is 3.50. The molecule has 8 nitrogen and oxygen atoms in total. The highest BCUT2D eigenvalue weighted by atomic mass is 16.6. The minimum absolute atomic E-state index is 0.0664. The zero-order valence-corrected chi connectivity index (χ0v) is 15.6. The van der Waals surface area contributed by atoms with Crippen molar-refractivity contribution in [3.63, 3.8) is 0 Å². The summed E-state index contributed by atoms with van der Waals surface area (Å²) < 4.78 is 15.7. The van der Waals surface area contributed by atoms with Gasteiger partial charge in [-0.1, -0.05) is 18.2 Å². The van der Waals surface area contributed by atoms with Crippen LogP contribution in [0.5, 0.6) is 5.75 Å². The summed E-state index contributed by atoms with van der Waals surface area (Å²) in [6, 6.07) is 7.15. The summed E-state index contributed by atoms with van der Waals surface area (Å²) in [5, 5.41) is 16.5. The molecule has 146 valence electrons. The van der Waals surface area contributed by atoms with Crippen molar-refractivity contribution in [1.29, 1.82) is 0 Å². The van der Waals surface area contributed by atoms with Crippen molar-refractivity contribution in [2.24, 2.45) is 5.92 Å². The van der Waals surface area contributed by atoms with E-state index in [1.54, 1.807) is 31.2 Å². The van der Waals surface area contributed by atoms with Gasteiger partial charge in [-0.25, -0.2) is 0 Å². The zero-order chi connectivity index (χ0) is 19.6. The lowest BCUT2D eigenvalue weighted by atomic mass is 9.66. The standard InChI is InChI=1S/C19H24N2O6/c1-19(24)10-12-15(17(22)21-20-12)14(11-6-4-5-7-13(11)26-3)16(19)18(23)27-9-8-25-2/h4-7,14,16,24H,8-10H2,1-3H3,(H2,20,21,22). The number of rotatable bonds is 6. The summed E-state index contributed by atoms with van der Waals surface area (Å²) in [6.07, 6.45) is 0.122. The lowest BCUT2D eigenvalue weighted by Crippen LogP contribution is -2.50. The van der Waals surface area contributed by atoms with Crippen molar-refractivity contribution < 1.29 is 24.1 Å². The number of aromatic amines is 2. The van der Waals surface area contributed by atoms with Crippen LogP contribution in [0.15, 0.2) is 29.1 Å². The van der Waals surface area contributed by atoms with Crippen LogP contribution < -0.4 is 10.3 Å². The fraction of sp³-hybridized carbons (Fsp3) is 0.474. The van der Waals surface area contributed by atoms with E-state index in [1.807, 2.05) is 0 Å². The number of nitrogens with one attached hydrogen (secondary N) is 2. The summed E-state index contributed by atoms with van der Waals surface area (Å²) in [6.45, 7) is 1.89. The quantitative estimate of drug-likeness (QED) is 0.511. The van der Waals surface area contributed by atoms with Crippen LogP contribution in [-0.2, 0) is 20.7 Å². The number of para-hydroxylation sites is 1. The minimum Gasteiger partial charge on any atom is -0.496 e. The van der Waals surface area contributed by atoms with E-state index in [9.17, 15) is 14.7 Å². The van der Waals surface area contributed by atoms with E-state index in [2.05, 4.69) is 10.2 Å². The Morgan fingerprint density at radius 2 is 2.00 bits per heavy atom. The molecule has 0 saturated carbocycles. The smallest absolute Gasteiger partial charge is 0.312 e. The monoisotopic (exact) mass is 376 g/mol. The lowest BCUT2D eigenvalue weighted by molar-refractivity contribution is -0.161. The van der Waals surface area contributed by atoms with Crippen molar-refractivity contribution in [3.8, 4) is 5.75 Å². The lowest BCUT2D eigenvalue weighted by Gasteiger charge is -2.40. The van der Waals surface area contributed by atoms with Gasteiger partial charge in [0.25, 0.3) is 5.56 Å². The number of aromatic nitrogens is 2. The molecule has 3 unspecified atom stereocenters. The third-order valence-electron chi connectivity index (χ3n) is 5.01. The molecule has 2 aromatic rings. The molecule has 0 radical (unpaired) electrons. The Labute approximate surface area is 156 Å². The van der Waals surface area contributed by atoms with Gasteiger partial charge in [0.05, 0.1) is 25.2 Å². The fourth-order valence-electron chi connectivity index (χ4n) is 3.83. The van der Waals surface area contributed by atoms with Crippen molar-refractivity contribution in [2.45, 2.75) is 24.9 Å². The van der Waals surface area contributed by atoms with Crippen LogP contribution in [0.3, 0.4) is 0 Å². The summed E-state index contributed by atoms with van der Waals surface area (Å²) in [5.74, 6) is -1.75. The fourth-order valence-corrected chi connectivity index (χ4v) is 3.83. The summed E-state index contributed by atoms with van der Waals surface area (Å²) in [7, 11) is 3.03. The maximum atomic E-state index is 12.9. The van der Waals surface area contributed by atoms with Gasteiger partial charge in [0.15, 0.2) is 0 Å². The molecule has 8 heteroatoms. The molecule has 1 heterocycles. The van der Waals surface area contributed by atoms with Crippen LogP contribution in [-0.4, -0.2) is 54.3 Å². The largest absolute Gasteiger partial charge is 0.496 e. The normalized spacial score (nSPS) is 24.3. The molecule has 3 N–H and O–H groups in total. The highest BCUT2D eigenvalue weighted by Crippen LogP contribution is 2.46. The number of aliphatic hydroxyl groups is 1. The van der Waals surface area contributed by atoms with Gasteiger partial charge in [-0.15, -0.1) is 0 Å². The van der Waals surface area contributed by atoms with Gasteiger partial charge in [0, 0.05) is 36.3 Å². The topological polar surface area (TPSA) is 114 Å². The molecule has 1 aromatic carbocycles. The number of hydrogen-bond donors (Lipinski definition) is 3. The highest BCUT2D eigenvalue weighted by Gasteiger charge is 2.51. The Hall–Kier alpha value is -2.58. The van der Waals surface area contributed by atoms with Crippen LogP contribution in [0.2, 0.25) is 0 Å². The number of methoxy groups -OCH3 is 2. The van der Waals surface area contributed by atoms with Crippen molar-refractivity contribution in [1.82, 2.24) is 10.2 Å². The first kappa shape index (κ1) is 19.2. The van der Waals surface area contributed by atoms with E-state index in [4.69, 9.17) is 14.2 Å². The second kappa shape index (κ2) is 7.58. The van der Waals surface area contributed by atoms with Gasteiger partial charge in [0.2, 0.25) is 0 Å². The Morgan fingerprint density at radius 3 is 2.70 bits per heavy atom. The number of H-pyrrole nitrogens is 2. The van der Waals surface area contributed by atoms with Crippen molar-refractivity contribution >= 4 is 5.97 Å².